The van der Waals surface area contributed by atoms with Crippen molar-refractivity contribution >= 4 is 34.9 Å². The minimum Gasteiger partial charge on any atom is -0.325 e. The van der Waals surface area contributed by atoms with Crippen molar-refractivity contribution in [2.75, 3.05) is 13.1 Å². The maximum Gasteiger partial charge on any atom is 0.134 e. The zero-order valence-electron chi connectivity index (χ0n) is 15.9. The second-order valence-corrected chi connectivity index (χ2v) is 7.76. The largest absolute Gasteiger partial charge is 0.325 e. The van der Waals surface area contributed by atoms with Gasteiger partial charge in [0.1, 0.15) is 11.7 Å². The Kier molecular flexibility index (Phi) is 6.28. The fourth-order valence-electron chi connectivity index (χ4n) is 3.37. The molecular weight excluding hydrogens is 401 g/mol. The first kappa shape index (κ1) is 19.7. The average molecular weight is 422 g/mol. The van der Waals surface area contributed by atoms with E-state index in [2.05, 4.69) is 29.6 Å². The Morgan fingerprint density at radius 2 is 1.10 bits per heavy atom. The van der Waals surface area contributed by atoms with E-state index in [0.29, 0.717) is 13.1 Å². The number of fused-ring (bicyclic) bond motifs is 1. The molecule has 0 radical (unpaired) electrons. The van der Waals surface area contributed by atoms with Crippen LogP contribution in [-0.2, 0) is 12.8 Å². The Morgan fingerprint density at radius 3 is 1.55 bits per heavy atom. The van der Waals surface area contributed by atoms with Crippen molar-refractivity contribution in [1.29, 1.82) is 0 Å². The second kappa shape index (κ2) is 9.25. The van der Waals surface area contributed by atoms with Gasteiger partial charge in [0.2, 0.25) is 0 Å². The maximum absolute atomic E-state index is 6.07. The van der Waals surface area contributed by atoms with Gasteiger partial charge in [-0.25, -0.2) is 0 Å². The van der Waals surface area contributed by atoms with E-state index < -0.39 is 0 Å². The molecule has 0 aliphatic carbocycles. The molecule has 4 rings (SSSR count). The number of rotatable bonds is 6. The van der Waals surface area contributed by atoms with Crippen molar-refractivity contribution in [2.24, 2.45) is 9.98 Å². The molecule has 0 aromatic heterocycles. The lowest BCUT2D eigenvalue weighted by Crippen LogP contribution is -2.23. The van der Waals surface area contributed by atoms with Gasteiger partial charge in [0.15, 0.2) is 0 Å². The third-order valence-corrected chi connectivity index (χ3v) is 5.26. The quantitative estimate of drug-likeness (QED) is 0.554. The molecule has 0 bridgehead atoms. The summed E-state index contributed by atoms with van der Waals surface area (Å²) in [6.45, 7) is 1.37. The molecule has 29 heavy (non-hydrogen) atoms. The number of halogens is 2. The topological polar surface area (TPSA) is 36.8 Å². The minimum absolute atomic E-state index is 0.687. The summed E-state index contributed by atoms with van der Waals surface area (Å²) in [4.78, 5) is 9.56. The van der Waals surface area contributed by atoms with Gasteiger partial charge in [0, 0.05) is 34.3 Å². The Morgan fingerprint density at radius 1 is 0.621 bits per heavy atom. The summed E-state index contributed by atoms with van der Waals surface area (Å²) >= 11 is 12.1. The van der Waals surface area contributed by atoms with Gasteiger partial charge in [0.05, 0.1) is 0 Å². The summed E-state index contributed by atoms with van der Waals surface area (Å²) in [7, 11) is 0. The first-order valence-electron chi connectivity index (χ1n) is 9.63. The van der Waals surface area contributed by atoms with Crippen LogP contribution in [0, 0.1) is 0 Å². The molecule has 0 spiro atoms. The molecule has 0 amide bonds. The number of amidine groups is 2. The summed E-state index contributed by atoms with van der Waals surface area (Å²) in [5, 5.41) is 4.92. The van der Waals surface area contributed by atoms with Crippen LogP contribution >= 0.6 is 23.2 Å². The number of hydrogen-bond acceptors (Lipinski definition) is 2. The van der Waals surface area contributed by atoms with Crippen molar-refractivity contribution < 1.29 is 0 Å². The molecular formula is C24H21Cl2N3. The first-order valence-corrected chi connectivity index (χ1v) is 10.4. The van der Waals surface area contributed by atoms with Crippen LogP contribution in [0.1, 0.15) is 22.3 Å². The fraction of sp³-hybridized carbons (Fsp3) is 0.167. The molecule has 0 atom stereocenters. The third kappa shape index (κ3) is 5.06. The lowest BCUT2D eigenvalue weighted by atomic mass is 10.1. The smallest absolute Gasteiger partial charge is 0.134 e. The lowest BCUT2D eigenvalue weighted by molar-refractivity contribution is 0.954. The van der Waals surface area contributed by atoms with Gasteiger partial charge >= 0.3 is 0 Å². The minimum atomic E-state index is 0.687. The number of hydrogen-bond donors (Lipinski definition) is 1. The Labute approximate surface area is 181 Å². The molecule has 0 fully saturated rings. The van der Waals surface area contributed by atoms with Gasteiger partial charge in [-0.2, -0.15) is 0 Å². The molecule has 1 heterocycles. The van der Waals surface area contributed by atoms with Gasteiger partial charge in [-0.05, 0) is 48.2 Å². The van der Waals surface area contributed by atoms with Crippen molar-refractivity contribution in [2.45, 2.75) is 12.8 Å². The predicted octanol–water partition coefficient (Wildman–Crippen LogP) is 5.58. The Bertz CT molecular complexity index is 988. The number of nitrogens with zero attached hydrogens (tertiary/aromatic N) is 2. The number of aliphatic imine (C=N–C) groups is 2. The molecule has 146 valence electrons. The van der Waals surface area contributed by atoms with E-state index in [1.165, 1.54) is 11.1 Å². The summed E-state index contributed by atoms with van der Waals surface area (Å²) in [6.07, 6.45) is 1.68. The van der Waals surface area contributed by atoms with Gasteiger partial charge in [-0.15, -0.1) is 0 Å². The summed E-state index contributed by atoms with van der Waals surface area (Å²) in [5.74, 6) is 1.76. The molecule has 5 heteroatoms. The van der Waals surface area contributed by atoms with Crippen molar-refractivity contribution in [1.82, 2.24) is 5.32 Å². The highest BCUT2D eigenvalue weighted by molar-refractivity contribution is 6.31. The van der Waals surface area contributed by atoms with Crippen molar-refractivity contribution in [3.05, 3.63) is 105 Å². The van der Waals surface area contributed by atoms with E-state index in [0.717, 1.165) is 45.7 Å². The van der Waals surface area contributed by atoms with Gasteiger partial charge in [-0.1, -0.05) is 71.7 Å². The summed E-state index contributed by atoms with van der Waals surface area (Å²) < 4.78 is 0. The van der Waals surface area contributed by atoms with Crippen LogP contribution in [0.2, 0.25) is 10.0 Å². The van der Waals surface area contributed by atoms with Crippen LogP contribution < -0.4 is 5.32 Å². The number of nitrogens with one attached hydrogen (secondary N) is 1. The van der Waals surface area contributed by atoms with Crippen LogP contribution in [0.25, 0.3) is 0 Å². The molecule has 0 saturated heterocycles. The molecule has 3 aromatic rings. The first-order chi connectivity index (χ1) is 14.2. The lowest BCUT2D eigenvalue weighted by Gasteiger charge is -2.03. The monoisotopic (exact) mass is 421 g/mol. The zero-order valence-corrected chi connectivity index (χ0v) is 17.4. The molecule has 3 aromatic carbocycles. The van der Waals surface area contributed by atoms with Crippen molar-refractivity contribution in [3.63, 3.8) is 0 Å². The van der Waals surface area contributed by atoms with E-state index >= 15 is 0 Å². The Balaban J connectivity index is 1.45. The van der Waals surface area contributed by atoms with E-state index in [9.17, 15) is 0 Å². The summed E-state index contributed by atoms with van der Waals surface area (Å²) in [6, 6.07) is 24.1. The molecule has 1 aliphatic heterocycles. The SMILES string of the molecule is Clc1cccc(CCN=C2NC(=NCCc3cccc(Cl)c3)c3ccccc32)c1. The normalized spacial score (nSPS) is 15.5. The third-order valence-electron chi connectivity index (χ3n) is 4.79. The van der Waals surface area contributed by atoms with Gasteiger partial charge < -0.3 is 5.32 Å². The van der Waals surface area contributed by atoms with E-state index in [-0.39, 0.29) is 0 Å². The highest BCUT2D eigenvalue weighted by atomic mass is 35.5. The van der Waals surface area contributed by atoms with Crippen molar-refractivity contribution in [3.8, 4) is 0 Å². The van der Waals surface area contributed by atoms with Crippen LogP contribution in [0.5, 0.6) is 0 Å². The van der Waals surface area contributed by atoms with Crippen LogP contribution in [0.3, 0.4) is 0 Å². The second-order valence-electron chi connectivity index (χ2n) is 6.89. The highest BCUT2D eigenvalue weighted by Gasteiger charge is 2.22. The zero-order chi connectivity index (χ0) is 20.1. The van der Waals surface area contributed by atoms with Crippen LogP contribution in [0.4, 0.5) is 0 Å². The Hall–Kier alpha value is -2.62. The molecule has 1 N–H and O–H groups in total. The van der Waals surface area contributed by atoms with Gasteiger partial charge in [0.25, 0.3) is 0 Å². The maximum atomic E-state index is 6.07. The van der Waals surface area contributed by atoms with E-state index in [4.69, 9.17) is 33.2 Å². The highest BCUT2D eigenvalue weighted by Crippen LogP contribution is 2.18. The average Bonchev–Trinajstić information content (AvgIpc) is 3.06. The number of benzene rings is 3. The standard InChI is InChI=1S/C24H21Cl2N3/c25-19-7-3-5-17(15-19)11-13-27-23-21-9-1-2-10-22(21)24(29-23)28-14-12-18-6-4-8-20(26)16-18/h1-10,15-16H,11-14H2,(H,27,28,29). The van der Waals surface area contributed by atoms with Crippen LogP contribution in [-0.4, -0.2) is 24.8 Å². The molecule has 0 saturated carbocycles. The summed E-state index contributed by atoms with van der Waals surface area (Å²) in [5.41, 5.74) is 4.56. The fourth-order valence-corrected chi connectivity index (χ4v) is 3.80. The van der Waals surface area contributed by atoms with Crippen LogP contribution in [0.15, 0.2) is 82.8 Å². The van der Waals surface area contributed by atoms with E-state index in [1.54, 1.807) is 0 Å². The van der Waals surface area contributed by atoms with E-state index in [1.807, 2.05) is 48.5 Å². The van der Waals surface area contributed by atoms with Gasteiger partial charge in [-0.3, -0.25) is 9.98 Å². The predicted molar refractivity (Wildman–Crippen MR) is 123 cm³/mol. The molecule has 1 aliphatic rings. The molecule has 3 nitrogen and oxygen atoms in total. The molecule has 0 unspecified atom stereocenters.